The molecule has 0 spiro atoms. The van der Waals surface area contributed by atoms with Crippen LogP contribution in [0.15, 0.2) is 12.1 Å². The van der Waals surface area contributed by atoms with E-state index in [0.717, 1.165) is 28.3 Å². The molecule has 0 bridgehead atoms. The molecule has 0 fully saturated rings. The molecule has 0 aliphatic carbocycles. The monoisotopic (exact) mass is 255 g/mol. The van der Waals surface area contributed by atoms with Gasteiger partial charge in [-0.05, 0) is 42.5 Å². The maximum atomic E-state index is 6.15. The van der Waals surface area contributed by atoms with Crippen molar-refractivity contribution in [3.8, 4) is 5.75 Å². The summed E-state index contributed by atoms with van der Waals surface area (Å²) in [5, 5.41) is 0.793. The first kappa shape index (κ1) is 14.3. The Balaban J connectivity index is 3.07. The van der Waals surface area contributed by atoms with E-state index in [-0.39, 0.29) is 6.10 Å². The smallest absolute Gasteiger partial charge is 0.123 e. The molecule has 0 amide bonds. The van der Waals surface area contributed by atoms with E-state index in [4.69, 9.17) is 22.1 Å². The first-order chi connectivity index (χ1) is 7.99. The molecule has 0 aliphatic heterocycles. The Morgan fingerprint density at radius 2 is 2.00 bits per heavy atom. The molecule has 1 rings (SSSR count). The van der Waals surface area contributed by atoms with E-state index < -0.39 is 0 Å². The molecule has 17 heavy (non-hydrogen) atoms. The number of aryl methyl sites for hydroxylation is 1. The van der Waals surface area contributed by atoms with E-state index in [9.17, 15) is 0 Å². The molecule has 1 atom stereocenters. The van der Waals surface area contributed by atoms with Crippen molar-refractivity contribution < 1.29 is 4.74 Å². The van der Waals surface area contributed by atoms with E-state index in [2.05, 4.69) is 20.8 Å². The zero-order chi connectivity index (χ0) is 13.0. The average Bonchev–Trinajstić information content (AvgIpc) is 2.29. The van der Waals surface area contributed by atoms with Crippen LogP contribution in [0.5, 0.6) is 5.75 Å². The maximum absolute atomic E-state index is 6.15. The minimum Gasteiger partial charge on any atom is -0.489 e. The van der Waals surface area contributed by atoms with Gasteiger partial charge in [0.1, 0.15) is 11.9 Å². The molecular weight excluding hydrogens is 234 g/mol. The molecule has 1 unspecified atom stereocenters. The Bertz CT molecular complexity index is 373. The molecule has 0 saturated heterocycles. The fraction of sp³-hybridized carbons (Fsp3) is 0.571. The van der Waals surface area contributed by atoms with Gasteiger partial charge in [-0.25, -0.2) is 0 Å². The number of hydrogen-bond donors (Lipinski definition) is 1. The van der Waals surface area contributed by atoms with Crippen LogP contribution < -0.4 is 10.5 Å². The van der Waals surface area contributed by atoms with Crippen LogP contribution in [-0.4, -0.2) is 12.6 Å². The van der Waals surface area contributed by atoms with Crippen molar-refractivity contribution in [2.24, 2.45) is 5.73 Å². The van der Waals surface area contributed by atoms with E-state index in [1.54, 1.807) is 0 Å². The Morgan fingerprint density at radius 3 is 2.47 bits per heavy atom. The van der Waals surface area contributed by atoms with Gasteiger partial charge in [-0.15, -0.1) is 0 Å². The molecule has 1 aromatic rings. The summed E-state index contributed by atoms with van der Waals surface area (Å²) in [6, 6.07) is 4.01. The van der Waals surface area contributed by atoms with Crippen molar-refractivity contribution in [1.29, 1.82) is 0 Å². The van der Waals surface area contributed by atoms with Gasteiger partial charge in [0.05, 0.1) is 0 Å². The van der Waals surface area contributed by atoms with Crippen LogP contribution >= 0.6 is 11.6 Å². The molecule has 2 nitrogen and oxygen atoms in total. The van der Waals surface area contributed by atoms with Crippen LogP contribution in [0.1, 0.15) is 44.2 Å². The van der Waals surface area contributed by atoms with Gasteiger partial charge < -0.3 is 10.5 Å². The predicted octanol–water partition coefficient (Wildman–Crippen LogP) is 3.89. The van der Waals surface area contributed by atoms with Gasteiger partial charge in [-0.3, -0.25) is 0 Å². The number of nitrogens with two attached hydrogens (primary N) is 1. The first-order valence-electron chi connectivity index (χ1n) is 6.16. The normalized spacial score (nSPS) is 12.9. The largest absolute Gasteiger partial charge is 0.489 e. The van der Waals surface area contributed by atoms with E-state index >= 15 is 0 Å². The fourth-order valence-corrected chi connectivity index (χ4v) is 1.87. The van der Waals surface area contributed by atoms with Crippen molar-refractivity contribution in [1.82, 2.24) is 0 Å². The summed E-state index contributed by atoms with van der Waals surface area (Å²) in [4.78, 5) is 0. The van der Waals surface area contributed by atoms with E-state index in [0.29, 0.717) is 12.5 Å². The second-order valence-electron chi connectivity index (χ2n) is 4.68. The third kappa shape index (κ3) is 3.62. The SMILES string of the molecule is CCC(CN)Oc1cc(C)c(Cl)cc1C(C)C. The average molecular weight is 256 g/mol. The second kappa shape index (κ2) is 6.27. The van der Waals surface area contributed by atoms with Crippen molar-refractivity contribution in [2.75, 3.05) is 6.54 Å². The number of benzene rings is 1. The van der Waals surface area contributed by atoms with Crippen LogP contribution in [0.2, 0.25) is 5.02 Å². The summed E-state index contributed by atoms with van der Waals surface area (Å²) in [7, 11) is 0. The standard InChI is InChI=1S/C14H22ClNO/c1-5-11(8-16)17-14-6-10(4)13(15)7-12(14)9(2)3/h6-7,9,11H,5,8,16H2,1-4H3. The van der Waals surface area contributed by atoms with E-state index in [1.807, 2.05) is 19.1 Å². The number of rotatable bonds is 5. The lowest BCUT2D eigenvalue weighted by molar-refractivity contribution is 0.202. The van der Waals surface area contributed by atoms with Crippen molar-refractivity contribution in [3.05, 3.63) is 28.3 Å². The highest BCUT2D eigenvalue weighted by Gasteiger charge is 2.14. The Kier molecular flexibility index (Phi) is 5.29. The molecule has 0 aliphatic rings. The van der Waals surface area contributed by atoms with Crippen molar-refractivity contribution in [3.63, 3.8) is 0 Å². The highest BCUT2D eigenvalue weighted by atomic mass is 35.5. The molecule has 0 heterocycles. The summed E-state index contributed by atoms with van der Waals surface area (Å²) in [6.45, 7) is 8.88. The minimum atomic E-state index is 0.0769. The highest BCUT2D eigenvalue weighted by Crippen LogP contribution is 2.32. The Morgan fingerprint density at radius 1 is 1.35 bits per heavy atom. The van der Waals surface area contributed by atoms with Crippen LogP contribution in [0.25, 0.3) is 0 Å². The summed E-state index contributed by atoms with van der Waals surface area (Å²) in [5.74, 6) is 1.30. The molecule has 0 radical (unpaired) electrons. The van der Waals surface area contributed by atoms with Gasteiger partial charge in [0.2, 0.25) is 0 Å². The van der Waals surface area contributed by atoms with Gasteiger partial charge in [0, 0.05) is 11.6 Å². The lowest BCUT2D eigenvalue weighted by Crippen LogP contribution is -2.26. The summed E-state index contributed by atoms with van der Waals surface area (Å²) in [5.41, 5.74) is 7.86. The zero-order valence-electron chi connectivity index (χ0n) is 11.1. The fourth-order valence-electron chi connectivity index (χ4n) is 1.70. The summed E-state index contributed by atoms with van der Waals surface area (Å²) < 4.78 is 5.96. The molecule has 96 valence electrons. The van der Waals surface area contributed by atoms with Crippen molar-refractivity contribution in [2.45, 2.75) is 46.1 Å². The maximum Gasteiger partial charge on any atom is 0.123 e. The number of halogens is 1. The van der Waals surface area contributed by atoms with Crippen LogP contribution in [0.3, 0.4) is 0 Å². The van der Waals surface area contributed by atoms with Gasteiger partial charge in [-0.2, -0.15) is 0 Å². The summed E-state index contributed by atoms with van der Waals surface area (Å²) in [6.07, 6.45) is 0.989. The van der Waals surface area contributed by atoms with Gasteiger partial charge in [0.15, 0.2) is 0 Å². The minimum absolute atomic E-state index is 0.0769. The van der Waals surface area contributed by atoms with Crippen LogP contribution in [0.4, 0.5) is 0 Å². The third-order valence-corrected chi connectivity index (χ3v) is 3.33. The molecule has 1 aromatic carbocycles. The summed E-state index contributed by atoms with van der Waals surface area (Å²) >= 11 is 6.15. The van der Waals surface area contributed by atoms with Gasteiger partial charge >= 0.3 is 0 Å². The molecule has 0 saturated carbocycles. The molecule has 3 heteroatoms. The quantitative estimate of drug-likeness (QED) is 0.866. The van der Waals surface area contributed by atoms with E-state index in [1.165, 1.54) is 0 Å². The van der Waals surface area contributed by atoms with Gasteiger partial charge in [-0.1, -0.05) is 32.4 Å². The number of hydrogen-bond acceptors (Lipinski definition) is 2. The highest BCUT2D eigenvalue weighted by molar-refractivity contribution is 6.31. The topological polar surface area (TPSA) is 35.2 Å². The molecular formula is C14H22ClNO. The first-order valence-corrected chi connectivity index (χ1v) is 6.54. The Hall–Kier alpha value is -0.730. The second-order valence-corrected chi connectivity index (χ2v) is 5.08. The number of ether oxygens (including phenoxy) is 1. The molecule has 2 N–H and O–H groups in total. The third-order valence-electron chi connectivity index (χ3n) is 2.92. The van der Waals surface area contributed by atoms with Crippen LogP contribution in [0, 0.1) is 6.92 Å². The lowest BCUT2D eigenvalue weighted by Gasteiger charge is -2.21. The van der Waals surface area contributed by atoms with Gasteiger partial charge in [0.25, 0.3) is 0 Å². The van der Waals surface area contributed by atoms with Crippen molar-refractivity contribution >= 4 is 11.6 Å². The molecule has 0 aromatic heterocycles. The Labute approximate surface area is 109 Å². The predicted molar refractivity (Wildman–Crippen MR) is 74.0 cm³/mol. The lowest BCUT2D eigenvalue weighted by atomic mass is 10.0. The van der Waals surface area contributed by atoms with Crippen LogP contribution in [-0.2, 0) is 0 Å². The zero-order valence-corrected chi connectivity index (χ0v) is 11.8.